The molecule has 8 heteroatoms. The zero-order valence-electron chi connectivity index (χ0n) is 7.07. The lowest BCUT2D eigenvalue weighted by molar-refractivity contribution is 0.0695. The molecule has 0 amide bonds. The minimum atomic E-state index is -3.95. The molecule has 0 atom stereocenters. The van der Waals surface area contributed by atoms with Gasteiger partial charge in [0.1, 0.15) is 0 Å². The average Bonchev–Trinajstić information content (AvgIpc) is 2.06. The fourth-order valence-corrected chi connectivity index (χ4v) is 3.26. The summed E-state index contributed by atoms with van der Waals surface area (Å²) in [6, 6.07) is 2.51. The van der Waals surface area contributed by atoms with Crippen LogP contribution in [-0.2, 0) is 10.0 Å². The molecule has 3 N–H and O–H groups in total. The highest BCUT2D eigenvalue weighted by molar-refractivity contribution is 9.11. The molecule has 0 unspecified atom stereocenters. The van der Waals surface area contributed by atoms with Crippen LogP contribution in [0.1, 0.15) is 10.4 Å². The van der Waals surface area contributed by atoms with E-state index in [0.29, 0.717) is 4.47 Å². The molecule has 0 fully saturated rings. The van der Waals surface area contributed by atoms with Crippen molar-refractivity contribution in [2.75, 3.05) is 0 Å². The molecule has 1 aromatic carbocycles. The lowest BCUT2D eigenvalue weighted by Gasteiger charge is -2.06. The van der Waals surface area contributed by atoms with Crippen molar-refractivity contribution in [1.82, 2.24) is 0 Å². The highest BCUT2D eigenvalue weighted by Crippen LogP contribution is 2.29. The van der Waals surface area contributed by atoms with Crippen molar-refractivity contribution >= 4 is 47.9 Å². The SMILES string of the molecule is NS(=O)(=O)c1cc(Br)cc(C(=O)O)c1Br. The summed E-state index contributed by atoms with van der Waals surface area (Å²) in [6.45, 7) is 0. The molecule has 1 rings (SSSR count). The number of primary sulfonamides is 1. The molecule has 5 nitrogen and oxygen atoms in total. The van der Waals surface area contributed by atoms with Gasteiger partial charge in [0.25, 0.3) is 0 Å². The van der Waals surface area contributed by atoms with Crippen molar-refractivity contribution in [3.63, 3.8) is 0 Å². The van der Waals surface area contributed by atoms with Gasteiger partial charge >= 0.3 is 5.97 Å². The van der Waals surface area contributed by atoms with Crippen LogP contribution in [0, 0.1) is 0 Å². The van der Waals surface area contributed by atoms with Crippen LogP contribution in [0.25, 0.3) is 0 Å². The molecule has 0 spiro atoms. The second kappa shape index (κ2) is 4.20. The van der Waals surface area contributed by atoms with E-state index in [1.54, 1.807) is 0 Å². The topological polar surface area (TPSA) is 97.5 Å². The first-order chi connectivity index (χ1) is 6.73. The number of nitrogens with two attached hydrogens (primary N) is 1. The number of rotatable bonds is 2. The highest BCUT2D eigenvalue weighted by Gasteiger charge is 2.20. The van der Waals surface area contributed by atoms with Gasteiger partial charge in [0.05, 0.1) is 14.9 Å². The summed E-state index contributed by atoms with van der Waals surface area (Å²) in [5, 5.41) is 13.7. The van der Waals surface area contributed by atoms with Gasteiger partial charge in [0.2, 0.25) is 10.0 Å². The van der Waals surface area contributed by atoms with E-state index >= 15 is 0 Å². The van der Waals surface area contributed by atoms with Crippen molar-refractivity contribution in [2.45, 2.75) is 4.90 Å². The van der Waals surface area contributed by atoms with Crippen LogP contribution in [-0.4, -0.2) is 19.5 Å². The van der Waals surface area contributed by atoms with Gasteiger partial charge in [-0.05, 0) is 28.1 Å². The Kier molecular flexibility index (Phi) is 3.54. The fourth-order valence-electron chi connectivity index (χ4n) is 0.927. The van der Waals surface area contributed by atoms with E-state index < -0.39 is 16.0 Å². The van der Waals surface area contributed by atoms with Gasteiger partial charge in [-0.25, -0.2) is 18.4 Å². The maximum atomic E-state index is 11.1. The molecule has 0 radical (unpaired) electrons. The summed E-state index contributed by atoms with van der Waals surface area (Å²) in [5.74, 6) is -1.24. The van der Waals surface area contributed by atoms with Crippen molar-refractivity contribution in [3.8, 4) is 0 Å². The monoisotopic (exact) mass is 357 g/mol. The van der Waals surface area contributed by atoms with E-state index in [4.69, 9.17) is 10.2 Å². The molecule has 0 heterocycles. The molecule has 82 valence electrons. The number of hydrogen-bond donors (Lipinski definition) is 2. The third-order valence-corrected chi connectivity index (χ3v) is 4.05. The predicted octanol–water partition coefficient (Wildman–Crippen LogP) is 1.56. The van der Waals surface area contributed by atoms with E-state index in [9.17, 15) is 13.2 Å². The largest absolute Gasteiger partial charge is 0.478 e. The fraction of sp³-hybridized carbons (Fsp3) is 0. The third kappa shape index (κ3) is 2.77. The Balaban J connectivity index is 3.63. The summed E-state index contributed by atoms with van der Waals surface area (Å²) in [4.78, 5) is 10.5. The first-order valence-corrected chi connectivity index (χ1v) is 6.62. The molecular weight excluding hydrogens is 354 g/mol. The van der Waals surface area contributed by atoms with Crippen LogP contribution in [0.2, 0.25) is 0 Å². The van der Waals surface area contributed by atoms with Gasteiger partial charge in [-0.3, -0.25) is 0 Å². The first kappa shape index (κ1) is 12.6. The smallest absolute Gasteiger partial charge is 0.336 e. The van der Waals surface area contributed by atoms with Crippen LogP contribution in [0.15, 0.2) is 26.0 Å². The van der Waals surface area contributed by atoms with Crippen LogP contribution in [0.4, 0.5) is 0 Å². The van der Waals surface area contributed by atoms with Crippen LogP contribution < -0.4 is 5.14 Å². The zero-order chi connectivity index (χ0) is 11.8. The molecule has 0 aliphatic heterocycles. The Bertz CT molecular complexity index is 526. The molecule has 0 aromatic heterocycles. The maximum absolute atomic E-state index is 11.1. The molecule has 0 aliphatic carbocycles. The number of halogens is 2. The number of hydrogen-bond acceptors (Lipinski definition) is 3. The van der Waals surface area contributed by atoms with Gasteiger partial charge in [-0.15, -0.1) is 0 Å². The molecule has 0 aliphatic rings. The summed E-state index contributed by atoms with van der Waals surface area (Å²) in [6.07, 6.45) is 0. The Morgan fingerprint density at radius 2 is 1.87 bits per heavy atom. The van der Waals surface area contributed by atoms with E-state index in [2.05, 4.69) is 31.9 Å². The molecular formula is C7H5Br2NO4S. The number of aromatic carboxylic acids is 1. The first-order valence-electron chi connectivity index (χ1n) is 3.48. The minimum Gasteiger partial charge on any atom is -0.478 e. The summed E-state index contributed by atoms with van der Waals surface area (Å²) in [7, 11) is -3.95. The lowest BCUT2D eigenvalue weighted by atomic mass is 10.2. The van der Waals surface area contributed by atoms with Crippen molar-refractivity contribution in [3.05, 3.63) is 26.6 Å². The number of sulfonamides is 1. The quantitative estimate of drug-likeness (QED) is 0.838. The van der Waals surface area contributed by atoms with Crippen LogP contribution in [0.3, 0.4) is 0 Å². The Hall–Kier alpha value is -0.440. The van der Waals surface area contributed by atoms with Crippen molar-refractivity contribution < 1.29 is 18.3 Å². The molecule has 1 aromatic rings. The maximum Gasteiger partial charge on any atom is 0.336 e. The van der Waals surface area contributed by atoms with E-state index in [1.807, 2.05) is 0 Å². The predicted molar refractivity (Wildman–Crippen MR) is 60.2 cm³/mol. The van der Waals surface area contributed by atoms with Crippen molar-refractivity contribution in [1.29, 1.82) is 0 Å². The second-order valence-electron chi connectivity index (χ2n) is 2.62. The van der Waals surface area contributed by atoms with Gasteiger partial charge in [0.15, 0.2) is 0 Å². The average molecular weight is 359 g/mol. The van der Waals surface area contributed by atoms with E-state index in [-0.39, 0.29) is 14.9 Å². The number of carboxylic acid groups (broad SMARTS) is 1. The van der Waals surface area contributed by atoms with Gasteiger partial charge in [-0.1, -0.05) is 15.9 Å². The van der Waals surface area contributed by atoms with Gasteiger partial charge in [-0.2, -0.15) is 0 Å². The number of carboxylic acids is 1. The minimum absolute atomic E-state index is 0.0549. The standard InChI is InChI=1S/C7H5Br2NO4S/c8-3-1-4(7(11)12)6(9)5(2-3)15(10,13)14/h1-2H,(H,11,12)(H2,10,13,14). The van der Waals surface area contributed by atoms with E-state index in [0.717, 1.165) is 0 Å². The Labute approximate surface area is 103 Å². The Morgan fingerprint density at radius 1 is 1.33 bits per heavy atom. The number of carbonyl (C=O) groups is 1. The Morgan fingerprint density at radius 3 is 2.27 bits per heavy atom. The molecule has 0 saturated heterocycles. The van der Waals surface area contributed by atoms with Gasteiger partial charge < -0.3 is 5.11 Å². The molecule has 0 saturated carbocycles. The van der Waals surface area contributed by atoms with Crippen LogP contribution >= 0.6 is 31.9 Å². The lowest BCUT2D eigenvalue weighted by Crippen LogP contribution is -2.14. The molecule has 15 heavy (non-hydrogen) atoms. The highest BCUT2D eigenvalue weighted by atomic mass is 79.9. The summed E-state index contributed by atoms with van der Waals surface area (Å²) < 4.78 is 22.5. The second-order valence-corrected chi connectivity index (χ2v) is 5.85. The third-order valence-electron chi connectivity index (χ3n) is 1.54. The van der Waals surface area contributed by atoms with Crippen molar-refractivity contribution in [2.24, 2.45) is 5.14 Å². The zero-order valence-corrected chi connectivity index (χ0v) is 11.1. The van der Waals surface area contributed by atoms with E-state index in [1.165, 1.54) is 12.1 Å². The summed E-state index contributed by atoms with van der Waals surface area (Å²) >= 11 is 5.89. The molecule has 0 bridgehead atoms. The number of benzene rings is 1. The summed E-state index contributed by atoms with van der Waals surface area (Å²) in [5.41, 5.74) is -0.173. The van der Waals surface area contributed by atoms with Crippen LogP contribution in [0.5, 0.6) is 0 Å². The van der Waals surface area contributed by atoms with Gasteiger partial charge in [0, 0.05) is 4.47 Å². The normalized spacial score (nSPS) is 11.4.